The largest absolute Gasteiger partial charge is 0.340 e. The molecule has 2 aromatic rings. The Bertz CT molecular complexity index is 743. The van der Waals surface area contributed by atoms with Crippen molar-refractivity contribution in [3.63, 3.8) is 0 Å². The highest BCUT2D eigenvalue weighted by atomic mass is 79.9. The van der Waals surface area contributed by atoms with Crippen molar-refractivity contribution in [2.75, 3.05) is 11.4 Å². The van der Waals surface area contributed by atoms with Crippen LogP contribution in [0.1, 0.15) is 22.3 Å². The number of carbonyl (C=O) groups is 2. The van der Waals surface area contributed by atoms with Crippen LogP contribution >= 0.6 is 15.9 Å². The Balaban J connectivity index is 1.71. The zero-order valence-corrected chi connectivity index (χ0v) is 14.3. The Hall–Kier alpha value is -2.14. The molecule has 1 N–H and O–H groups in total. The second-order valence-corrected chi connectivity index (χ2v) is 6.47. The van der Waals surface area contributed by atoms with E-state index in [1.54, 1.807) is 17.0 Å². The molecule has 1 unspecified atom stereocenters. The summed E-state index contributed by atoms with van der Waals surface area (Å²) in [5, 5.41) is 2.84. The van der Waals surface area contributed by atoms with Gasteiger partial charge in [-0.05, 0) is 53.5 Å². The van der Waals surface area contributed by atoms with Crippen LogP contribution in [0.3, 0.4) is 0 Å². The van der Waals surface area contributed by atoms with Crippen LogP contribution in [0.15, 0.2) is 53.0 Å². The van der Waals surface area contributed by atoms with Crippen LogP contribution in [0.2, 0.25) is 0 Å². The standard InChI is InChI=1S/C18H17BrN2O2/c1-12-6-8-13(9-7-12)21-11-10-16(18(21)23)20-17(22)14-4-2-3-5-15(14)19/h2-9,16H,10-11H2,1H3,(H,20,22). The highest BCUT2D eigenvalue weighted by Gasteiger charge is 2.33. The van der Waals surface area contributed by atoms with Crippen molar-refractivity contribution in [2.24, 2.45) is 0 Å². The highest BCUT2D eigenvalue weighted by molar-refractivity contribution is 9.10. The van der Waals surface area contributed by atoms with Gasteiger partial charge in [0.05, 0.1) is 5.56 Å². The van der Waals surface area contributed by atoms with E-state index in [1.807, 2.05) is 43.3 Å². The minimum absolute atomic E-state index is 0.0609. The maximum atomic E-state index is 12.5. The molecule has 0 bridgehead atoms. The SMILES string of the molecule is Cc1ccc(N2CCC(NC(=O)c3ccccc3Br)C2=O)cc1. The number of hydrogen-bond acceptors (Lipinski definition) is 2. The van der Waals surface area contributed by atoms with E-state index in [4.69, 9.17) is 0 Å². The molecule has 2 aromatic carbocycles. The first-order chi connectivity index (χ1) is 11.1. The zero-order chi connectivity index (χ0) is 16.4. The maximum absolute atomic E-state index is 12.5. The fourth-order valence-electron chi connectivity index (χ4n) is 2.68. The van der Waals surface area contributed by atoms with E-state index in [0.717, 1.165) is 15.7 Å². The van der Waals surface area contributed by atoms with Gasteiger partial charge < -0.3 is 10.2 Å². The van der Waals surface area contributed by atoms with E-state index < -0.39 is 6.04 Å². The van der Waals surface area contributed by atoms with Crippen LogP contribution in [-0.2, 0) is 4.79 Å². The maximum Gasteiger partial charge on any atom is 0.253 e. The number of benzene rings is 2. The van der Waals surface area contributed by atoms with E-state index in [2.05, 4.69) is 21.2 Å². The molecule has 1 heterocycles. The molecule has 23 heavy (non-hydrogen) atoms. The molecule has 1 saturated heterocycles. The molecule has 2 amide bonds. The summed E-state index contributed by atoms with van der Waals surface area (Å²) in [5.41, 5.74) is 2.56. The highest BCUT2D eigenvalue weighted by Crippen LogP contribution is 2.23. The fraction of sp³-hybridized carbons (Fsp3) is 0.222. The summed E-state index contributed by atoms with van der Waals surface area (Å²) in [7, 11) is 0. The molecule has 0 aliphatic carbocycles. The molecule has 118 valence electrons. The van der Waals surface area contributed by atoms with Crippen LogP contribution in [0.25, 0.3) is 0 Å². The Kier molecular flexibility index (Phi) is 4.48. The Morgan fingerprint density at radius 1 is 1.17 bits per heavy atom. The smallest absolute Gasteiger partial charge is 0.253 e. The lowest BCUT2D eigenvalue weighted by atomic mass is 10.2. The number of carbonyl (C=O) groups excluding carboxylic acids is 2. The topological polar surface area (TPSA) is 49.4 Å². The number of halogens is 1. The average molecular weight is 373 g/mol. The van der Waals surface area contributed by atoms with Gasteiger partial charge in [-0.1, -0.05) is 29.8 Å². The van der Waals surface area contributed by atoms with Gasteiger partial charge in [0, 0.05) is 16.7 Å². The van der Waals surface area contributed by atoms with Crippen LogP contribution in [0, 0.1) is 6.92 Å². The van der Waals surface area contributed by atoms with Gasteiger partial charge in [-0.2, -0.15) is 0 Å². The quantitative estimate of drug-likeness (QED) is 0.898. The number of anilines is 1. The molecule has 5 heteroatoms. The lowest BCUT2D eigenvalue weighted by molar-refractivity contribution is -0.118. The van der Waals surface area contributed by atoms with Gasteiger partial charge in [0.15, 0.2) is 0 Å². The number of rotatable bonds is 3. The summed E-state index contributed by atoms with van der Waals surface area (Å²) in [6.45, 7) is 2.62. The summed E-state index contributed by atoms with van der Waals surface area (Å²) in [6, 6.07) is 14.5. The number of hydrogen-bond donors (Lipinski definition) is 1. The molecule has 0 saturated carbocycles. The van der Waals surface area contributed by atoms with Crippen molar-refractivity contribution >= 4 is 33.4 Å². The number of nitrogens with zero attached hydrogens (tertiary/aromatic N) is 1. The van der Waals surface area contributed by atoms with Crippen molar-refractivity contribution in [2.45, 2.75) is 19.4 Å². The van der Waals surface area contributed by atoms with Crippen molar-refractivity contribution in [1.82, 2.24) is 5.32 Å². The van der Waals surface area contributed by atoms with Crippen molar-refractivity contribution in [3.8, 4) is 0 Å². The van der Waals surface area contributed by atoms with Crippen molar-refractivity contribution in [3.05, 3.63) is 64.1 Å². The van der Waals surface area contributed by atoms with E-state index in [1.165, 1.54) is 0 Å². The Labute approximate surface area is 143 Å². The molecule has 1 atom stereocenters. The Morgan fingerprint density at radius 2 is 1.87 bits per heavy atom. The lowest BCUT2D eigenvalue weighted by Gasteiger charge is -2.17. The van der Waals surface area contributed by atoms with Gasteiger partial charge in [0.1, 0.15) is 6.04 Å². The lowest BCUT2D eigenvalue weighted by Crippen LogP contribution is -2.41. The molecule has 0 radical (unpaired) electrons. The molecule has 4 nitrogen and oxygen atoms in total. The molecular formula is C18H17BrN2O2. The third-order valence-corrected chi connectivity index (χ3v) is 4.67. The molecule has 0 aromatic heterocycles. The van der Waals surface area contributed by atoms with E-state index in [0.29, 0.717) is 18.5 Å². The van der Waals surface area contributed by atoms with Gasteiger partial charge in [0.2, 0.25) is 5.91 Å². The van der Waals surface area contributed by atoms with Gasteiger partial charge in [-0.3, -0.25) is 9.59 Å². The van der Waals surface area contributed by atoms with Crippen LogP contribution in [-0.4, -0.2) is 24.4 Å². The van der Waals surface area contributed by atoms with Gasteiger partial charge in [-0.25, -0.2) is 0 Å². The molecule has 0 spiro atoms. The molecule has 3 rings (SSSR count). The van der Waals surface area contributed by atoms with Crippen LogP contribution in [0.4, 0.5) is 5.69 Å². The summed E-state index contributed by atoms with van der Waals surface area (Å²) < 4.78 is 0.721. The molecule has 1 fully saturated rings. The zero-order valence-electron chi connectivity index (χ0n) is 12.8. The van der Waals surface area contributed by atoms with E-state index in [9.17, 15) is 9.59 Å². The minimum Gasteiger partial charge on any atom is -0.340 e. The van der Waals surface area contributed by atoms with Crippen molar-refractivity contribution < 1.29 is 9.59 Å². The second kappa shape index (κ2) is 6.54. The third kappa shape index (κ3) is 3.29. The molecule has 1 aliphatic heterocycles. The van der Waals surface area contributed by atoms with E-state index in [-0.39, 0.29) is 11.8 Å². The summed E-state index contributed by atoms with van der Waals surface area (Å²) in [4.78, 5) is 26.6. The fourth-order valence-corrected chi connectivity index (χ4v) is 3.14. The Morgan fingerprint density at radius 3 is 2.57 bits per heavy atom. The average Bonchev–Trinajstić information content (AvgIpc) is 2.89. The minimum atomic E-state index is -0.476. The van der Waals surface area contributed by atoms with Crippen LogP contribution in [0.5, 0.6) is 0 Å². The number of aryl methyl sites for hydroxylation is 1. The van der Waals surface area contributed by atoms with Gasteiger partial charge >= 0.3 is 0 Å². The predicted molar refractivity (Wildman–Crippen MR) is 93.5 cm³/mol. The second-order valence-electron chi connectivity index (χ2n) is 5.62. The summed E-state index contributed by atoms with van der Waals surface area (Å²) in [5.74, 6) is -0.296. The first-order valence-corrected chi connectivity index (χ1v) is 8.29. The monoisotopic (exact) mass is 372 g/mol. The third-order valence-electron chi connectivity index (χ3n) is 3.97. The van der Waals surface area contributed by atoms with Gasteiger partial charge in [-0.15, -0.1) is 0 Å². The summed E-state index contributed by atoms with van der Waals surface area (Å²) in [6.07, 6.45) is 0.614. The normalized spacial score (nSPS) is 17.4. The predicted octanol–water partition coefficient (Wildman–Crippen LogP) is 3.29. The molecule has 1 aliphatic rings. The summed E-state index contributed by atoms with van der Waals surface area (Å²) >= 11 is 3.36. The first-order valence-electron chi connectivity index (χ1n) is 7.49. The van der Waals surface area contributed by atoms with Crippen LogP contribution < -0.4 is 10.2 Å². The van der Waals surface area contributed by atoms with Crippen molar-refractivity contribution in [1.29, 1.82) is 0 Å². The van der Waals surface area contributed by atoms with Gasteiger partial charge in [0.25, 0.3) is 5.91 Å². The number of amides is 2. The number of nitrogens with one attached hydrogen (secondary N) is 1. The van der Waals surface area contributed by atoms with E-state index >= 15 is 0 Å². The first kappa shape index (κ1) is 15.7. The molecular weight excluding hydrogens is 356 g/mol.